The smallest absolute Gasteiger partial charge is 0.303 e. The van der Waals surface area contributed by atoms with Crippen molar-refractivity contribution in [2.45, 2.75) is 25.7 Å². The molecular formula is C10H17NO2. The molecule has 0 amide bonds. The van der Waals surface area contributed by atoms with E-state index in [0.29, 0.717) is 12.3 Å². The van der Waals surface area contributed by atoms with Gasteiger partial charge in [0.1, 0.15) is 0 Å². The fourth-order valence-corrected chi connectivity index (χ4v) is 2.96. The lowest BCUT2D eigenvalue weighted by molar-refractivity contribution is -0.137. The summed E-state index contributed by atoms with van der Waals surface area (Å²) in [7, 11) is 0. The minimum absolute atomic E-state index is 0.359. The van der Waals surface area contributed by atoms with Crippen molar-refractivity contribution in [2.24, 2.45) is 17.8 Å². The summed E-state index contributed by atoms with van der Waals surface area (Å²) in [4.78, 5) is 10.5. The van der Waals surface area contributed by atoms with Crippen LogP contribution in [0, 0.1) is 17.8 Å². The molecule has 1 heterocycles. The third kappa shape index (κ3) is 1.85. The van der Waals surface area contributed by atoms with Crippen LogP contribution < -0.4 is 5.32 Å². The molecule has 0 spiro atoms. The average Bonchev–Trinajstić information content (AvgIpc) is 2.34. The van der Waals surface area contributed by atoms with Crippen molar-refractivity contribution in [2.75, 3.05) is 13.1 Å². The van der Waals surface area contributed by atoms with E-state index in [9.17, 15) is 4.79 Å². The summed E-state index contributed by atoms with van der Waals surface area (Å²) in [5.74, 6) is 1.58. The highest BCUT2D eigenvalue weighted by Gasteiger charge is 2.38. The molecule has 2 aliphatic rings. The van der Waals surface area contributed by atoms with Crippen molar-refractivity contribution in [1.29, 1.82) is 0 Å². The summed E-state index contributed by atoms with van der Waals surface area (Å²) in [6.07, 6.45) is 3.87. The normalized spacial score (nSPS) is 37.7. The topological polar surface area (TPSA) is 49.3 Å². The van der Waals surface area contributed by atoms with E-state index in [1.165, 1.54) is 12.8 Å². The quantitative estimate of drug-likeness (QED) is 0.688. The van der Waals surface area contributed by atoms with E-state index in [1.54, 1.807) is 0 Å². The highest BCUT2D eigenvalue weighted by molar-refractivity contribution is 5.66. The average molecular weight is 183 g/mol. The van der Waals surface area contributed by atoms with Crippen LogP contribution in [0.3, 0.4) is 0 Å². The first-order valence-corrected chi connectivity index (χ1v) is 5.20. The highest BCUT2D eigenvalue weighted by atomic mass is 16.4. The maximum absolute atomic E-state index is 10.5. The van der Waals surface area contributed by atoms with E-state index in [4.69, 9.17) is 5.11 Å². The zero-order valence-corrected chi connectivity index (χ0v) is 7.83. The molecule has 0 aromatic carbocycles. The Labute approximate surface area is 78.5 Å². The molecular weight excluding hydrogens is 166 g/mol. The maximum Gasteiger partial charge on any atom is 0.303 e. The Balaban J connectivity index is 1.88. The van der Waals surface area contributed by atoms with Gasteiger partial charge in [-0.05, 0) is 50.1 Å². The summed E-state index contributed by atoms with van der Waals surface area (Å²) in [5.41, 5.74) is 0. The van der Waals surface area contributed by atoms with Crippen molar-refractivity contribution in [3.8, 4) is 0 Å². The molecule has 2 atom stereocenters. The first-order chi connectivity index (χ1) is 6.27. The van der Waals surface area contributed by atoms with Crippen LogP contribution >= 0.6 is 0 Å². The molecule has 1 aliphatic carbocycles. The Morgan fingerprint density at radius 3 is 2.46 bits per heavy atom. The zero-order valence-electron chi connectivity index (χ0n) is 7.83. The molecule has 2 rings (SSSR count). The standard InChI is InChI=1S/C10H17NO2/c12-10(13)4-3-9-7-1-2-8(9)6-11-5-7/h7-9,11H,1-6H2,(H,12,13). The van der Waals surface area contributed by atoms with Gasteiger partial charge in [-0.1, -0.05) is 0 Å². The number of hydrogen-bond acceptors (Lipinski definition) is 2. The predicted octanol–water partition coefficient (Wildman–Crippen LogP) is 1.10. The summed E-state index contributed by atoms with van der Waals surface area (Å²) in [6, 6.07) is 0. The Kier molecular flexibility index (Phi) is 2.54. The van der Waals surface area contributed by atoms with Gasteiger partial charge in [0.15, 0.2) is 0 Å². The molecule has 0 aromatic heterocycles. The van der Waals surface area contributed by atoms with Crippen molar-refractivity contribution < 1.29 is 9.90 Å². The third-order valence-electron chi connectivity index (χ3n) is 3.62. The van der Waals surface area contributed by atoms with Gasteiger partial charge in [0.05, 0.1) is 0 Å². The second-order valence-corrected chi connectivity index (χ2v) is 4.35. The fraction of sp³-hybridized carbons (Fsp3) is 0.900. The van der Waals surface area contributed by atoms with Gasteiger partial charge in [-0.3, -0.25) is 4.79 Å². The Hall–Kier alpha value is -0.570. The summed E-state index contributed by atoms with van der Waals surface area (Å²) in [5, 5.41) is 12.0. The van der Waals surface area contributed by atoms with Crippen molar-refractivity contribution in [3.63, 3.8) is 0 Å². The van der Waals surface area contributed by atoms with E-state index in [-0.39, 0.29) is 0 Å². The van der Waals surface area contributed by atoms with Gasteiger partial charge < -0.3 is 10.4 Å². The second-order valence-electron chi connectivity index (χ2n) is 4.35. The van der Waals surface area contributed by atoms with E-state index in [1.807, 2.05) is 0 Å². The molecule has 3 heteroatoms. The second kappa shape index (κ2) is 3.66. The van der Waals surface area contributed by atoms with Gasteiger partial charge >= 0.3 is 5.97 Å². The molecule has 2 N–H and O–H groups in total. The molecule has 1 saturated heterocycles. The number of rotatable bonds is 3. The van der Waals surface area contributed by atoms with Crippen LogP contribution in [0.5, 0.6) is 0 Å². The van der Waals surface area contributed by atoms with Gasteiger partial charge in [0.25, 0.3) is 0 Å². The Morgan fingerprint density at radius 1 is 1.31 bits per heavy atom. The monoisotopic (exact) mass is 183 g/mol. The molecule has 74 valence electrons. The van der Waals surface area contributed by atoms with Crippen LogP contribution in [-0.4, -0.2) is 24.2 Å². The number of carbonyl (C=O) groups is 1. The van der Waals surface area contributed by atoms with Crippen LogP contribution in [0.4, 0.5) is 0 Å². The number of carboxylic acid groups (broad SMARTS) is 1. The molecule has 0 aromatic rings. The Morgan fingerprint density at radius 2 is 1.92 bits per heavy atom. The van der Waals surface area contributed by atoms with Crippen LogP contribution in [-0.2, 0) is 4.79 Å². The molecule has 2 unspecified atom stereocenters. The molecule has 2 fully saturated rings. The van der Waals surface area contributed by atoms with Crippen LogP contribution in [0.2, 0.25) is 0 Å². The number of fused-ring (bicyclic) bond motifs is 2. The van der Waals surface area contributed by atoms with Crippen LogP contribution in [0.25, 0.3) is 0 Å². The zero-order chi connectivity index (χ0) is 9.26. The lowest BCUT2D eigenvalue weighted by atomic mass is 9.83. The lowest BCUT2D eigenvalue weighted by Crippen LogP contribution is -2.38. The molecule has 2 bridgehead atoms. The van der Waals surface area contributed by atoms with Crippen molar-refractivity contribution in [3.05, 3.63) is 0 Å². The van der Waals surface area contributed by atoms with Gasteiger partial charge in [-0.15, -0.1) is 0 Å². The van der Waals surface area contributed by atoms with Crippen LogP contribution in [0.1, 0.15) is 25.7 Å². The molecule has 13 heavy (non-hydrogen) atoms. The van der Waals surface area contributed by atoms with Crippen molar-refractivity contribution >= 4 is 5.97 Å². The SMILES string of the molecule is O=C(O)CCC1C2CCC1CNC2. The molecule has 0 radical (unpaired) electrons. The van der Waals surface area contributed by atoms with Gasteiger partial charge in [0.2, 0.25) is 0 Å². The number of hydrogen-bond donors (Lipinski definition) is 2. The van der Waals surface area contributed by atoms with E-state index in [0.717, 1.165) is 31.3 Å². The first kappa shape index (κ1) is 9.00. The molecule has 3 nitrogen and oxygen atoms in total. The van der Waals surface area contributed by atoms with E-state index >= 15 is 0 Å². The van der Waals surface area contributed by atoms with Gasteiger partial charge in [-0.2, -0.15) is 0 Å². The number of nitrogens with one attached hydrogen (secondary N) is 1. The number of piperidine rings is 1. The molecule has 1 saturated carbocycles. The fourth-order valence-electron chi connectivity index (χ4n) is 2.96. The minimum Gasteiger partial charge on any atom is -0.481 e. The van der Waals surface area contributed by atoms with Gasteiger partial charge in [0, 0.05) is 6.42 Å². The number of aliphatic carboxylic acids is 1. The van der Waals surface area contributed by atoms with Crippen LogP contribution in [0.15, 0.2) is 0 Å². The highest BCUT2D eigenvalue weighted by Crippen LogP contribution is 2.41. The summed E-state index contributed by atoms with van der Waals surface area (Å²) in [6.45, 7) is 2.22. The van der Waals surface area contributed by atoms with Crippen molar-refractivity contribution in [1.82, 2.24) is 5.32 Å². The predicted molar refractivity (Wildman–Crippen MR) is 49.4 cm³/mol. The van der Waals surface area contributed by atoms with E-state index < -0.39 is 5.97 Å². The first-order valence-electron chi connectivity index (χ1n) is 5.20. The summed E-state index contributed by atoms with van der Waals surface area (Å²) >= 11 is 0. The Bertz CT molecular complexity index is 189. The lowest BCUT2D eigenvalue weighted by Gasteiger charge is -2.30. The van der Waals surface area contributed by atoms with Gasteiger partial charge in [-0.25, -0.2) is 0 Å². The summed E-state index contributed by atoms with van der Waals surface area (Å²) < 4.78 is 0. The third-order valence-corrected chi connectivity index (χ3v) is 3.62. The largest absolute Gasteiger partial charge is 0.481 e. The maximum atomic E-state index is 10.5. The molecule has 1 aliphatic heterocycles. The number of carboxylic acids is 1. The minimum atomic E-state index is -0.641. The van der Waals surface area contributed by atoms with E-state index in [2.05, 4.69) is 5.32 Å².